The number of methoxy groups -OCH3 is 1. The van der Waals surface area contributed by atoms with E-state index in [1.807, 2.05) is 0 Å². The number of rotatable bonds is 15. The number of anilines is 1. The van der Waals surface area contributed by atoms with Crippen molar-refractivity contribution in [2.45, 2.75) is 55.5 Å². The Labute approximate surface area is 237 Å². The second kappa shape index (κ2) is 17.1. The van der Waals surface area contributed by atoms with E-state index in [9.17, 15) is 15.0 Å². The molecule has 2 aromatic rings. The zero-order valence-electron chi connectivity index (χ0n) is 21.7. The lowest BCUT2D eigenvalue weighted by atomic mass is 10.0. The third kappa shape index (κ3) is 10.3. The molecule has 1 unspecified atom stereocenters. The van der Waals surface area contributed by atoms with E-state index in [1.54, 1.807) is 19.2 Å². The topological polar surface area (TPSA) is 103 Å². The highest BCUT2D eigenvalue weighted by molar-refractivity contribution is 8.01. The molecule has 2 aromatic carbocycles. The van der Waals surface area contributed by atoms with Crippen LogP contribution in [0.15, 0.2) is 41.3 Å². The first-order chi connectivity index (χ1) is 16.9. The number of phenols is 1. The van der Waals surface area contributed by atoms with Crippen LogP contribution in [0.1, 0.15) is 43.1 Å². The van der Waals surface area contributed by atoms with Gasteiger partial charge in [-0.2, -0.15) is 0 Å². The van der Waals surface area contributed by atoms with Crippen molar-refractivity contribution >= 4 is 48.5 Å². The molecule has 37 heavy (non-hydrogen) atoms. The van der Waals surface area contributed by atoms with E-state index >= 15 is 0 Å². The Bertz CT molecular complexity index is 967. The molecule has 0 spiro atoms. The molecule has 0 fully saturated rings. The SMILES string of the molecule is COC[C@H](CC(C)C)NCCc1cccc(CCNC[C@H](O)c2ccc(O)c3c2SC(C=O)N3)c1.Cl.Cl. The molecule has 3 atom stereocenters. The predicted molar refractivity (Wildman–Crippen MR) is 157 cm³/mol. The number of phenolic OH excluding ortho intramolecular Hbond substituents is 1. The molecule has 0 bridgehead atoms. The molecule has 0 aliphatic carbocycles. The third-order valence-corrected chi connectivity index (χ3v) is 7.23. The molecule has 208 valence electrons. The summed E-state index contributed by atoms with van der Waals surface area (Å²) >= 11 is 1.32. The van der Waals surface area contributed by atoms with Crippen LogP contribution < -0.4 is 16.0 Å². The van der Waals surface area contributed by atoms with Crippen molar-refractivity contribution in [3.8, 4) is 5.75 Å². The Balaban J connectivity index is 0.00000342. The molecule has 0 aromatic heterocycles. The van der Waals surface area contributed by atoms with E-state index < -0.39 is 11.5 Å². The molecule has 5 N–H and O–H groups in total. The molecule has 1 heterocycles. The Hall–Kier alpha value is -1.52. The summed E-state index contributed by atoms with van der Waals surface area (Å²) in [6.07, 6.45) is 3.01. The Kier molecular flexibility index (Phi) is 15.5. The van der Waals surface area contributed by atoms with Gasteiger partial charge in [0.05, 0.1) is 18.4 Å². The molecule has 0 saturated heterocycles. The molecular weight excluding hydrogens is 533 g/mol. The highest BCUT2D eigenvalue weighted by Crippen LogP contribution is 2.46. The minimum Gasteiger partial charge on any atom is -0.506 e. The number of hydrogen-bond donors (Lipinski definition) is 5. The van der Waals surface area contributed by atoms with Crippen molar-refractivity contribution in [3.05, 3.63) is 53.1 Å². The number of carbonyl (C=O) groups excluding carboxylic acids is 1. The molecular formula is C27H41Cl2N3O4S. The maximum atomic E-state index is 11.1. The summed E-state index contributed by atoms with van der Waals surface area (Å²) in [4.78, 5) is 11.9. The summed E-state index contributed by atoms with van der Waals surface area (Å²) in [5, 5.41) is 30.3. The van der Waals surface area contributed by atoms with Gasteiger partial charge in [-0.05, 0) is 61.0 Å². The number of benzene rings is 2. The number of aliphatic hydroxyl groups excluding tert-OH is 1. The minimum atomic E-state index is -0.729. The Morgan fingerprint density at radius 1 is 1.14 bits per heavy atom. The quantitative estimate of drug-likeness (QED) is 0.122. The van der Waals surface area contributed by atoms with Gasteiger partial charge >= 0.3 is 0 Å². The molecule has 1 aliphatic rings. The number of aliphatic hydroxyl groups is 1. The Morgan fingerprint density at radius 2 is 1.84 bits per heavy atom. The van der Waals surface area contributed by atoms with Gasteiger partial charge < -0.3 is 35.7 Å². The van der Waals surface area contributed by atoms with Crippen LogP contribution in [-0.4, -0.2) is 61.3 Å². The summed E-state index contributed by atoms with van der Waals surface area (Å²) < 4.78 is 5.35. The van der Waals surface area contributed by atoms with Crippen LogP contribution in [0, 0.1) is 5.92 Å². The predicted octanol–water partition coefficient (Wildman–Crippen LogP) is 4.34. The van der Waals surface area contributed by atoms with Gasteiger partial charge in [-0.15, -0.1) is 24.8 Å². The fourth-order valence-corrected chi connectivity index (χ4v) is 5.51. The van der Waals surface area contributed by atoms with Gasteiger partial charge in [0.25, 0.3) is 0 Å². The average Bonchev–Trinajstić information content (AvgIpc) is 3.27. The monoisotopic (exact) mass is 573 g/mol. The standard InChI is InChI=1S/C27H39N3O4S.2ClH/c1-18(2)13-21(17-34-3)29-12-10-20-6-4-5-19(14-20)9-11-28-15-24(33)22-7-8-23(32)26-27(22)35-25(16-31)30-26;;/h4-8,14,16,18,21,24-25,28-30,32-33H,9-13,15,17H2,1-3H3;2*1H/t21-,24-,25?;;/m0../s1. The first-order valence-corrected chi connectivity index (χ1v) is 13.2. The van der Waals surface area contributed by atoms with Crippen LogP contribution in [0.25, 0.3) is 0 Å². The van der Waals surface area contributed by atoms with Gasteiger partial charge in [-0.1, -0.05) is 55.9 Å². The normalized spacial score (nSPS) is 15.8. The molecule has 1 aliphatic heterocycles. The number of thioether (sulfide) groups is 1. The van der Waals surface area contributed by atoms with E-state index in [-0.39, 0.29) is 30.6 Å². The molecule has 10 heteroatoms. The lowest BCUT2D eigenvalue weighted by Gasteiger charge is -2.20. The second-order valence-corrected chi connectivity index (χ2v) is 10.6. The van der Waals surface area contributed by atoms with E-state index in [0.29, 0.717) is 29.8 Å². The van der Waals surface area contributed by atoms with Gasteiger partial charge in [-0.3, -0.25) is 0 Å². The van der Waals surface area contributed by atoms with Crippen molar-refractivity contribution in [2.75, 3.05) is 38.7 Å². The largest absolute Gasteiger partial charge is 0.506 e. The highest BCUT2D eigenvalue weighted by Gasteiger charge is 2.28. The maximum absolute atomic E-state index is 11.1. The van der Waals surface area contributed by atoms with Gasteiger partial charge in [-0.25, -0.2) is 0 Å². The molecule has 3 rings (SSSR count). The summed E-state index contributed by atoms with van der Waals surface area (Å²) in [6.45, 7) is 7.25. The first kappa shape index (κ1) is 33.5. The summed E-state index contributed by atoms with van der Waals surface area (Å²) in [5.41, 5.74) is 3.81. The lowest BCUT2D eigenvalue weighted by molar-refractivity contribution is -0.107. The van der Waals surface area contributed by atoms with Crippen molar-refractivity contribution < 1.29 is 19.7 Å². The van der Waals surface area contributed by atoms with Crippen LogP contribution in [0.3, 0.4) is 0 Å². The smallest absolute Gasteiger partial charge is 0.152 e. The molecule has 0 radical (unpaired) electrons. The second-order valence-electron chi connectivity index (χ2n) is 9.47. The number of hydrogen-bond acceptors (Lipinski definition) is 8. The van der Waals surface area contributed by atoms with Gasteiger partial charge in [0.15, 0.2) is 6.29 Å². The lowest BCUT2D eigenvalue weighted by Crippen LogP contribution is -2.35. The summed E-state index contributed by atoms with van der Waals surface area (Å²) in [7, 11) is 1.75. The third-order valence-electron chi connectivity index (χ3n) is 6.07. The van der Waals surface area contributed by atoms with Gasteiger partial charge in [0.2, 0.25) is 0 Å². The number of ether oxygens (including phenoxy) is 1. The van der Waals surface area contributed by atoms with Crippen LogP contribution in [0.5, 0.6) is 5.75 Å². The number of carbonyl (C=O) groups is 1. The minimum absolute atomic E-state index is 0. The van der Waals surface area contributed by atoms with Crippen molar-refractivity contribution in [1.82, 2.24) is 10.6 Å². The molecule has 7 nitrogen and oxygen atoms in total. The van der Waals surface area contributed by atoms with Gasteiger partial charge in [0, 0.05) is 24.6 Å². The number of nitrogens with one attached hydrogen (secondary N) is 3. The van der Waals surface area contributed by atoms with Crippen LogP contribution in [0.2, 0.25) is 0 Å². The maximum Gasteiger partial charge on any atom is 0.152 e. The number of aldehydes is 1. The van der Waals surface area contributed by atoms with Crippen LogP contribution in [-0.2, 0) is 22.4 Å². The van der Waals surface area contributed by atoms with Crippen LogP contribution in [0.4, 0.5) is 5.69 Å². The summed E-state index contributed by atoms with van der Waals surface area (Å²) in [5.74, 6) is 0.723. The number of halogens is 2. The molecule has 0 amide bonds. The van der Waals surface area contributed by atoms with E-state index in [0.717, 1.165) is 50.1 Å². The Morgan fingerprint density at radius 3 is 2.49 bits per heavy atom. The van der Waals surface area contributed by atoms with E-state index in [4.69, 9.17) is 4.74 Å². The fraction of sp³-hybridized carbons (Fsp3) is 0.519. The fourth-order valence-electron chi connectivity index (χ4n) is 4.40. The van der Waals surface area contributed by atoms with Crippen molar-refractivity contribution in [2.24, 2.45) is 5.92 Å². The zero-order chi connectivity index (χ0) is 25.2. The average molecular weight is 575 g/mol. The summed E-state index contributed by atoms with van der Waals surface area (Å²) in [6, 6.07) is 12.3. The zero-order valence-corrected chi connectivity index (χ0v) is 24.2. The first-order valence-electron chi connectivity index (χ1n) is 12.3. The highest BCUT2D eigenvalue weighted by atomic mass is 35.5. The number of aromatic hydroxyl groups is 1. The molecule has 0 saturated carbocycles. The number of fused-ring (bicyclic) bond motifs is 1. The van der Waals surface area contributed by atoms with Crippen molar-refractivity contribution in [3.63, 3.8) is 0 Å². The van der Waals surface area contributed by atoms with E-state index in [1.165, 1.54) is 22.9 Å². The van der Waals surface area contributed by atoms with Gasteiger partial charge in [0.1, 0.15) is 11.1 Å². The van der Waals surface area contributed by atoms with E-state index in [2.05, 4.69) is 54.1 Å². The van der Waals surface area contributed by atoms with Crippen LogP contribution >= 0.6 is 36.6 Å². The van der Waals surface area contributed by atoms with Crippen molar-refractivity contribution in [1.29, 1.82) is 0 Å².